The van der Waals surface area contributed by atoms with E-state index in [1.165, 1.54) is 0 Å². The Balaban J connectivity index is 2.36. The maximum Gasteiger partial charge on any atom is 0.0669 e. The Morgan fingerprint density at radius 2 is 2.50 bits per heavy atom. The molecule has 1 unspecified atom stereocenters. The molecule has 1 atom stereocenters. The van der Waals surface area contributed by atoms with Crippen molar-refractivity contribution in [2.75, 3.05) is 19.6 Å². The fraction of sp³-hybridized carbons (Fsp3) is 0.667. The van der Waals surface area contributed by atoms with Crippen molar-refractivity contribution in [1.29, 1.82) is 5.26 Å². The van der Waals surface area contributed by atoms with Gasteiger partial charge in [0, 0.05) is 18.1 Å². The quantitative estimate of drug-likeness (QED) is 0.656. The molecule has 1 fully saturated rings. The highest BCUT2D eigenvalue weighted by Crippen LogP contribution is 2.16. The van der Waals surface area contributed by atoms with Crippen LogP contribution in [0.1, 0.15) is 12.8 Å². The van der Waals surface area contributed by atoms with Crippen molar-refractivity contribution >= 4 is 11.6 Å². The van der Waals surface area contributed by atoms with E-state index >= 15 is 0 Å². The summed E-state index contributed by atoms with van der Waals surface area (Å²) in [6, 6.07) is 2.29. The lowest BCUT2D eigenvalue weighted by molar-refractivity contribution is 0.218. The lowest BCUT2D eigenvalue weighted by Gasteiger charge is -2.28. The summed E-state index contributed by atoms with van der Waals surface area (Å²) in [5.41, 5.74) is 0. The van der Waals surface area contributed by atoms with Gasteiger partial charge in [-0.25, -0.2) is 0 Å². The molecule has 1 aliphatic heterocycles. The molecule has 3 heteroatoms. The van der Waals surface area contributed by atoms with Crippen LogP contribution in [0.15, 0.2) is 11.6 Å². The van der Waals surface area contributed by atoms with E-state index in [4.69, 9.17) is 16.9 Å². The number of nitrogens with zero attached hydrogens (tertiary/aromatic N) is 2. The van der Waals surface area contributed by atoms with E-state index < -0.39 is 0 Å². The molecule has 0 saturated carbocycles. The molecule has 66 valence electrons. The summed E-state index contributed by atoms with van der Waals surface area (Å²) in [7, 11) is 0. The molecule has 0 aromatic heterocycles. The largest absolute Gasteiger partial charge is 0.297 e. The van der Waals surface area contributed by atoms with E-state index in [9.17, 15) is 0 Å². The molecule has 0 aromatic rings. The third kappa shape index (κ3) is 2.84. The Bertz CT molecular complexity index is 207. The minimum Gasteiger partial charge on any atom is -0.297 e. The van der Waals surface area contributed by atoms with Gasteiger partial charge in [0.1, 0.15) is 0 Å². The van der Waals surface area contributed by atoms with E-state index in [0.29, 0.717) is 5.03 Å². The average Bonchev–Trinajstić information content (AvgIpc) is 2.03. The Morgan fingerprint density at radius 1 is 1.75 bits per heavy atom. The number of hydrogen-bond acceptors (Lipinski definition) is 2. The predicted octanol–water partition coefficient (Wildman–Crippen LogP) is 1.97. The number of piperidine rings is 1. The van der Waals surface area contributed by atoms with Crippen molar-refractivity contribution in [3.05, 3.63) is 11.6 Å². The van der Waals surface area contributed by atoms with Gasteiger partial charge < -0.3 is 0 Å². The maximum absolute atomic E-state index is 8.71. The van der Waals surface area contributed by atoms with E-state index in [1.54, 1.807) is 0 Å². The Kier molecular flexibility index (Phi) is 3.58. The van der Waals surface area contributed by atoms with Crippen LogP contribution in [0.25, 0.3) is 0 Å². The van der Waals surface area contributed by atoms with Gasteiger partial charge in [0.25, 0.3) is 0 Å². The fourth-order valence-corrected chi connectivity index (χ4v) is 1.72. The van der Waals surface area contributed by atoms with Crippen LogP contribution in [-0.2, 0) is 0 Å². The van der Waals surface area contributed by atoms with E-state index in [1.807, 2.05) is 0 Å². The van der Waals surface area contributed by atoms with Crippen LogP contribution in [0.4, 0.5) is 0 Å². The fourth-order valence-electron chi connectivity index (χ4n) is 1.55. The predicted molar refractivity (Wildman–Crippen MR) is 49.8 cm³/mol. The minimum absolute atomic E-state index is 0.190. The van der Waals surface area contributed by atoms with Gasteiger partial charge in [-0.1, -0.05) is 18.2 Å². The molecule has 0 radical (unpaired) electrons. The molecule has 0 aromatic carbocycles. The molecular formula is C9H13ClN2. The molecule has 0 bridgehead atoms. The Hall–Kier alpha value is -0.520. The van der Waals surface area contributed by atoms with Crippen LogP contribution in [0, 0.1) is 17.2 Å². The SMILES string of the molecule is C=C(Cl)CN1CCCC(C#N)C1. The number of nitriles is 1. The van der Waals surface area contributed by atoms with Gasteiger partial charge in [0.05, 0.1) is 12.0 Å². The van der Waals surface area contributed by atoms with E-state index in [-0.39, 0.29) is 5.92 Å². The van der Waals surface area contributed by atoms with Crippen molar-refractivity contribution in [3.63, 3.8) is 0 Å². The molecule has 0 spiro atoms. The number of rotatable bonds is 2. The Labute approximate surface area is 78.4 Å². The summed E-state index contributed by atoms with van der Waals surface area (Å²) < 4.78 is 0. The topological polar surface area (TPSA) is 27.0 Å². The number of hydrogen-bond donors (Lipinski definition) is 0. The molecule has 2 nitrogen and oxygen atoms in total. The molecule has 1 heterocycles. The van der Waals surface area contributed by atoms with Crippen LogP contribution >= 0.6 is 11.6 Å². The molecule has 1 aliphatic rings. The second-order valence-corrected chi connectivity index (χ2v) is 3.76. The molecular weight excluding hydrogens is 172 g/mol. The van der Waals surface area contributed by atoms with Crippen LogP contribution in [-0.4, -0.2) is 24.5 Å². The first-order valence-corrected chi connectivity index (χ1v) is 4.55. The van der Waals surface area contributed by atoms with Gasteiger partial charge in [-0.2, -0.15) is 5.26 Å². The van der Waals surface area contributed by atoms with E-state index in [2.05, 4.69) is 17.5 Å². The first kappa shape index (κ1) is 9.57. The number of likely N-dealkylation sites (tertiary alicyclic amines) is 1. The molecule has 12 heavy (non-hydrogen) atoms. The van der Waals surface area contributed by atoms with Crippen LogP contribution in [0.2, 0.25) is 0 Å². The van der Waals surface area contributed by atoms with Gasteiger partial charge in [-0.05, 0) is 19.4 Å². The Morgan fingerprint density at radius 3 is 3.08 bits per heavy atom. The van der Waals surface area contributed by atoms with Gasteiger partial charge in [-0.3, -0.25) is 4.90 Å². The molecule has 0 aliphatic carbocycles. The van der Waals surface area contributed by atoms with Gasteiger partial charge in [0.15, 0.2) is 0 Å². The van der Waals surface area contributed by atoms with Crippen molar-refractivity contribution in [2.24, 2.45) is 5.92 Å². The minimum atomic E-state index is 0.190. The van der Waals surface area contributed by atoms with Crippen LogP contribution in [0.3, 0.4) is 0 Å². The van der Waals surface area contributed by atoms with Crippen molar-refractivity contribution < 1.29 is 0 Å². The number of halogens is 1. The highest BCUT2D eigenvalue weighted by molar-refractivity contribution is 6.29. The standard InChI is InChI=1S/C9H13ClN2/c1-8(10)6-12-4-2-3-9(5-11)7-12/h9H,1-4,6-7H2. The third-order valence-electron chi connectivity index (χ3n) is 2.08. The first-order valence-electron chi connectivity index (χ1n) is 4.17. The normalized spacial score (nSPS) is 24.8. The maximum atomic E-state index is 8.71. The molecule has 1 saturated heterocycles. The van der Waals surface area contributed by atoms with Gasteiger partial charge in [0.2, 0.25) is 0 Å². The summed E-state index contributed by atoms with van der Waals surface area (Å²) in [4.78, 5) is 2.19. The lowest BCUT2D eigenvalue weighted by atomic mass is 10.00. The smallest absolute Gasteiger partial charge is 0.0669 e. The van der Waals surface area contributed by atoms with Crippen molar-refractivity contribution in [1.82, 2.24) is 4.90 Å². The molecule has 1 rings (SSSR count). The van der Waals surface area contributed by atoms with Crippen LogP contribution < -0.4 is 0 Å². The van der Waals surface area contributed by atoms with Crippen molar-refractivity contribution in [3.8, 4) is 6.07 Å². The zero-order valence-electron chi connectivity index (χ0n) is 7.09. The zero-order chi connectivity index (χ0) is 8.97. The molecule has 0 N–H and O–H groups in total. The average molecular weight is 185 g/mol. The molecule has 0 amide bonds. The monoisotopic (exact) mass is 184 g/mol. The first-order chi connectivity index (χ1) is 5.72. The highest BCUT2D eigenvalue weighted by Gasteiger charge is 2.18. The summed E-state index contributed by atoms with van der Waals surface area (Å²) >= 11 is 5.68. The summed E-state index contributed by atoms with van der Waals surface area (Å²) in [5, 5.41) is 9.37. The highest BCUT2D eigenvalue weighted by atomic mass is 35.5. The second kappa shape index (κ2) is 4.49. The van der Waals surface area contributed by atoms with E-state index in [0.717, 1.165) is 32.5 Å². The van der Waals surface area contributed by atoms with Gasteiger partial charge >= 0.3 is 0 Å². The zero-order valence-corrected chi connectivity index (χ0v) is 7.85. The van der Waals surface area contributed by atoms with Gasteiger partial charge in [-0.15, -0.1) is 0 Å². The summed E-state index contributed by atoms with van der Waals surface area (Å²) in [6.07, 6.45) is 2.13. The lowest BCUT2D eigenvalue weighted by Crippen LogP contribution is -2.35. The van der Waals surface area contributed by atoms with Crippen LogP contribution in [0.5, 0.6) is 0 Å². The third-order valence-corrected chi connectivity index (χ3v) is 2.20. The second-order valence-electron chi connectivity index (χ2n) is 3.22. The summed E-state index contributed by atoms with van der Waals surface area (Å²) in [5.74, 6) is 0.190. The summed E-state index contributed by atoms with van der Waals surface area (Å²) in [6.45, 7) is 6.26. The van der Waals surface area contributed by atoms with Crippen molar-refractivity contribution in [2.45, 2.75) is 12.8 Å².